The minimum Gasteiger partial charge on any atom is -0.380 e. The normalized spacial score (nSPS) is 18.0. The number of rotatable bonds is 5. The molecule has 2 aromatic heterocycles. The van der Waals surface area contributed by atoms with Crippen molar-refractivity contribution < 1.29 is 17.9 Å². The van der Waals surface area contributed by atoms with Gasteiger partial charge in [0, 0.05) is 25.7 Å². The molecule has 1 unspecified atom stereocenters. The fourth-order valence-electron chi connectivity index (χ4n) is 4.46. The molecule has 7 nitrogen and oxygen atoms in total. The van der Waals surface area contributed by atoms with Gasteiger partial charge in [-0.3, -0.25) is 9.36 Å². The maximum atomic E-state index is 14.6. The molecule has 168 valence electrons. The summed E-state index contributed by atoms with van der Waals surface area (Å²) in [6.07, 6.45) is -1.59. The van der Waals surface area contributed by atoms with Crippen molar-refractivity contribution >= 4 is 22.5 Å². The lowest BCUT2D eigenvalue weighted by Gasteiger charge is -2.55. The van der Waals surface area contributed by atoms with Gasteiger partial charge < -0.3 is 15.0 Å². The van der Waals surface area contributed by atoms with Gasteiger partial charge in [0.15, 0.2) is 0 Å². The van der Waals surface area contributed by atoms with Crippen molar-refractivity contribution in [3.05, 3.63) is 57.9 Å². The molecular formula is C22H22F3N5O2. The van der Waals surface area contributed by atoms with Gasteiger partial charge >= 0.3 is 0 Å². The number of pyridine rings is 1. The van der Waals surface area contributed by atoms with E-state index in [9.17, 15) is 18.0 Å². The lowest BCUT2D eigenvalue weighted by molar-refractivity contribution is -0.127. The van der Waals surface area contributed by atoms with Gasteiger partial charge in [-0.1, -0.05) is 18.2 Å². The van der Waals surface area contributed by atoms with Crippen molar-refractivity contribution in [3.63, 3.8) is 0 Å². The summed E-state index contributed by atoms with van der Waals surface area (Å²) in [5.74, 6) is -0.550. The summed E-state index contributed by atoms with van der Waals surface area (Å²) >= 11 is 0. The third-order valence-electron chi connectivity index (χ3n) is 6.31. The van der Waals surface area contributed by atoms with Crippen LogP contribution in [0.25, 0.3) is 11.0 Å². The maximum Gasteiger partial charge on any atom is 0.275 e. The smallest absolute Gasteiger partial charge is 0.275 e. The predicted molar refractivity (Wildman–Crippen MR) is 114 cm³/mol. The molecule has 4 heterocycles. The predicted octanol–water partition coefficient (Wildman–Crippen LogP) is 3.41. The molecular weight excluding hydrogens is 423 g/mol. The second kappa shape index (κ2) is 7.47. The van der Waals surface area contributed by atoms with E-state index in [1.165, 1.54) is 23.0 Å². The summed E-state index contributed by atoms with van der Waals surface area (Å²) in [7, 11) is 1.64. The molecule has 0 radical (unpaired) electrons. The highest BCUT2D eigenvalue weighted by atomic mass is 19.3. The maximum absolute atomic E-state index is 14.6. The van der Waals surface area contributed by atoms with Crippen molar-refractivity contribution in [1.29, 1.82) is 0 Å². The average Bonchev–Trinajstić information content (AvgIpc) is 2.69. The molecule has 0 saturated carbocycles. The number of nitrogens with zero attached hydrogens (tertiary/aromatic N) is 4. The third kappa shape index (κ3) is 3.21. The third-order valence-corrected chi connectivity index (χ3v) is 6.31. The van der Waals surface area contributed by atoms with E-state index in [4.69, 9.17) is 4.74 Å². The molecule has 1 N–H and O–H groups in total. The number of anilines is 2. The molecule has 1 aromatic carbocycles. The number of hydrogen-bond acceptors (Lipinski definition) is 6. The Hall–Kier alpha value is -3.14. The number of benzene rings is 1. The first-order valence-electron chi connectivity index (χ1n) is 10.3. The van der Waals surface area contributed by atoms with Gasteiger partial charge in [-0.25, -0.2) is 23.1 Å². The minimum absolute atomic E-state index is 0.106. The highest BCUT2D eigenvalue weighted by molar-refractivity contribution is 5.89. The summed E-state index contributed by atoms with van der Waals surface area (Å²) in [5, 5.41) is 3.70. The van der Waals surface area contributed by atoms with E-state index < -0.39 is 23.8 Å². The standard InChI is InChI=1S/C22H22F3N5O2/c1-12(13-4-3-5-14(17(13)23)18(24)25)28-19-15-6-16(30-7-22(8-30)9-32-10-22)21(31)29(2)20(15)27-11-26-19/h3-6,11-12,18H,7-10H2,1-2H3,(H,26,27,28). The van der Waals surface area contributed by atoms with Gasteiger partial charge in [0.1, 0.15) is 29.3 Å². The van der Waals surface area contributed by atoms with Crippen molar-refractivity contribution in [3.8, 4) is 0 Å². The van der Waals surface area contributed by atoms with Crippen LogP contribution in [0.5, 0.6) is 0 Å². The van der Waals surface area contributed by atoms with Crippen LogP contribution in [-0.2, 0) is 11.8 Å². The quantitative estimate of drug-likeness (QED) is 0.649. The lowest BCUT2D eigenvalue weighted by atomic mass is 9.78. The van der Waals surface area contributed by atoms with E-state index in [1.54, 1.807) is 20.0 Å². The number of alkyl halides is 2. The number of nitrogens with one attached hydrogen (secondary N) is 1. The fraction of sp³-hybridized carbons (Fsp3) is 0.409. The Kier molecular flexibility index (Phi) is 4.85. The second-order valence-electron chi connectivity index (χ2n) is 8.62. The summed E-state index contributed by atoms with van der Waals surface area (Å²) in [4.78, 5) is 23.5. The van der Waals surface area contributed by atoms with Crippen LogP contribution in [0.4, 0.5) is 24.7 Å². The summed E-state index contributed by atoms with van der Waals surface area (Å²) < 4.78 is 47.6. The van der Waals surface area contributed by atoms with Crippen molar-refractivity contribution in [2.75, 3.05) is 36.5 Å². The zero-order chi connectivity index (χ0) is 22.6. The minimum atomic E-state index is -2.90. The van der Waals surface area contributed by atoms with Gasteiger partial charge in [-0.15, -0.1) is 0 Å². The molecule has 5 rings (SSSR count). The number of fused-ring (bicyclic) bond motifs is 1. The van der Waals surface area contributed by atoms with E-state index in [2.05, 4.69) is 15.3 Å². The highest BCUT2D eigenvalue weighted by Gasteiger charge is 2.49. The van der Waals surface area contributed by atoms with Gasteiger partial charge in [-0.2, -0.15) is 0 Å². The van der Waals surface area contributed by atoms with Gasteiger partial charge in [0.25, 0.3) is 12.0 Å². The number of halogens is 3. The molecule has 32 heavy (non-hydrogen) atoms. The van der Waals surface area contributed by atoms with Crippen LogP contribution in [-0.4, -0.2) is 40.8 Å². The van der Waals surface area contributed by atoms with Gasteiger partial charge in [0.2, 0.25) is 0 Å². The zero-order valence-electron chi connectivity index (χ0n) is 17.6. The molecule has 2 aliphatic heterocycles. The van der Waals surface area contributed by atoms with Crippen LogP contribution in [0.2, 0.25) is 0 Å². The Morgan fingerprint density at radius 1 is 1.19 bits per heavy atom. The van der Waals surface area contributed by atoms with E-state index in [0.29, 0.717) is 35.8 Å². The molecule has 2 saturated heterocycles. The molecule has 0 amide bonds. The van der Waals surface area contributed by atoms with Crippen molar-refractivity contribution in [2.45, 2.75) is 19.4 Å². The lowest BCUT2D eigenvalue weighted by Crippen LogP contribution is -2.67. The zero-order valence-corrected chi connectivity index (χ0v) is 17.6. The first kappa shape index (κ1) is 20.7. The Labute approximate surface area is 181 Å². The van der Waals surface area contributed by atoms with E-state index in [1.807, 2.05) is 4.90 Å². The Bertz CT molecular complexity index is 1250. The van der Waals surface area contributed by atoms with Crippen molar-refractivity contribution in [1.82, 2.24) is 14.5 Å². The summed E-state index contributed by atoms with van der Waals surface area (Å²) in [6.45, 7) is 4.56. The SMILES string of the molecule is CC(Nc1ncnc2c1cc(N1CC3(COC3)C1)c(=O)n2C)c1cccc(C(F)F)c1F. The molecule has 2 aliphatic rings. The van der Waals surface area contributed by atoms with Crippen LogP contribution >= 0.6 is 0 Å². The topological polar surface area (TPSA) is 72.3 Å². The molecule has 2 fully saturated rings. The largest absolute Gasteiger partial charge is 0.380 e. The molecule has 3 aromatic rings. The number of hydrogen-bond donors (Lipinski definition) is 1. The first-order valence-corrected chi connectivity index (χ1v) is 10.3. The highest BCUT2D eigenvalue weighted by Crippen LogP contribution is 2.40. The molecule has 10 heteroatoms. The average molecular weight is 445 g/mol. The van der Waals surface area contributed by atoms with Crippen LogP contribution in [0, 0.1) is 11.2 Å². The van der Waals surface area contributed by atoms with Crippen LogP contribution in [0.15, 0.2) is 35.4 Å². The number of aromatic nitrogens is 3. The van der Waals surface area contributed by atoms with E-state index >= 15 is 0 Å². The fourth-order valence-corrected chi connectivity index (χ4v) is 4.46. The Morgan fingerprint density at radius 3 is 2.56 bits per heavy atom. The summed E-state index contributed by atoms with van der Waals surface area (Å²) in [5.41, 5.74) is 0.396. The van der Waals surface area contributed by atoms with E-state index in [-0.39, 0.29) is 16.5 Å². The van der Waals surface area contributed by atoms with E-state index in [0.717, 1.165) is 19.2 Å². The van der Waals surface area contributed by atoms with Crippen molar-refractivity contribution in [2.24, 2.45) is 12.5 Å². The first-order chi connectivity index (χ1) is 15.3. The summed E-state index contributed by atoms with van der Waals surface area (Å²) in [6, 6.07) is 5.04. The second-order valence-corrected chi connectivity index (χ2v) is 8.62. The number of ether oxygens (including phenoxy) is 1. The van der Waals surface area contributed by atoms with Crippen LogP contribution in [0.1, 0.15) is 30.5 Å². The Balaban J connectivity index is 1.51. The van der Waals surface area contributed by atoms with Gasteiger partial charge in [0.05, 0.1) is 35.6 Å². The molecule has 0 bridgehead atoms. The Morgan fingerprint density at radius 2 is 1.91 bits per heavy atom. The molecule has 0 aliphatic carbocycles. The van der Waals surface area contributed by atoms with Crippen LogP contribution in [0.3, 0.4) is 0 Å². The molecule has 1 atom stereocenters. The van der Waals surface area contributed by atoms with Crippen LogP contribution < -0.4 is 15.8 Å². The van der Waals surface area contributed by atoms with Gasteiger partial charge in [-0.05, 0) is 13.0 Å². The molecule has 1 spiro atoms. The number of aryl methyl sites for hydroxylation is 1. The monoisotopic (exact) mass is 445 g/mol.